The van der Waals surface area contributed by atoms with Gasteiger partial charge in [0.05, 0.1) is 5.92 Å². The van der Waals surface area contributed by atoms with Crippen LogP contribution in [0, 0.1) is 24.2 Å². The summed E-state index contributed by atoms with van der Waals surface area (Å²) in [6, 6.07) is 0. The molecular formula is C11H16O2. The molecule has 72 valence electrons. The summed E-state index contributed by atoms with van der Waals surface area (Å²) in [4.78, 5) is 10.7. The van der Waals surface area contributed by atoms with Crippen LogP contribution in [0.4, 0.5) is 0 Å². The molecule has 0 saturated carbocycles. The van der Waals surface area contributed by atoms with Crippen LogP contribution in [-0.2, 0) is 4.79 Å². The number of aliphatic carboxylic acids is 1. The monoisotopic (exact) mass is 180 g/mol. The van der Waals surface area contributed by atoms with Crippen LogP contribution in [0.15, 0.2) is 12.2 Å². The average Bonchev–Trinajstić information content (AvgIpc) is 2.04. The maximum Gasteiger partial charge on any atom is 0.307 e. The number of carboxylic acid groups (broad SMARTS) is 1. The summed E-state index contributed by atoms with van der Waals surface area (Å²) in [5, 5.41) is 8.80. The van der Waals surface area contributed by atoms with Gasteiger partial charge in [-0.3, -0.25) is 4.79 Å². The van der Waals surface area contributed by atoms with E-state index >= 15 is 0 Å². The second-order valence-corrected chi connectivity index (χ2v) is 3.18. The topological polar surface area (TPSA) is 37.3 Å². The predicted octanol–water partition coefficient (Wildman–Crippen LogP) is 2.31. The summed E-state index contributed by atoms with van der Waals surface area (Å²) in [5.41, 5.74) is 0. The Balaban J connectivity index is 4.10. The zero-order valence-electron chi connectivity index (χ0n) is 8.16. The molecule has 0 aliphatic heterocycles. The van der Waals surface area contributed by atoms with Crippen molar-refractivity contribution in [3.05, 3.63) is 12.2 Å². The van der Waals surface area contributed by atoms with Crippen molar-refractivity contribution in [2.75, 3.05) is 0 Å². The van der Waals surface area contributed by atoms with Gasteiger partial charge in [-0.05, 0) is 19.3 Å². The summed E-state index contributed by atoms with van der Waals surface area (Å²) < 4.78 is 0. The molecule has 0 aromatic carbocycles. The van der Waals surface area contributed by atoms with Crippen molar-refractivity contribution in [3.63, 3.8) is 0 Å². The number of carboxylic acids is 1. The van der Waals surface area contributed by atoms with E-state index in [4.69, 9.17) is 11.5 Å². The van der Waals surface area contributed by atoms with Crippen molar-refractivity contribution in [3.8, 4) is 12.3 Å². The lowest BCUT2D eigenvalue weighted by atomic mass is 9.93. The molecule has 0 aliphatic carbocycles. The van der Waals surface area contributed by atoms with Gasteiger partial charge in [0.2, 0.25) is 0 Å². The lowest BCUT2D eigenvalue weighted by Crippen LogP contribution is -2.15. The first-order valence-electron chi connectivity index (χ1n) is 4.40. The van der Waals surface area contributed by atoms with E-state index in [9.17, 15) is 4.79 Å². The van der Waals surface area contributed by atoms with Crippen molar-refractivity contribution in [1.82, 2.24) is 0 Å². The fourth-order valence-electron chi connectivity index (χ4n) is 1.27. The van der Waals surface area contributed by atoms with E-state index in [-0.39, 0.29) is 5.92 Å². The molecule has 0 aromatic heterocycles. The van der Waals surface area contributed by atoms with Gasteiger partial charge in [0.15, 0.2) is 0 Å². The van der Waals surface area contributed by atoms with Crippen LogP contribution in [0.3, 0.4) is 0 Å². The smallest absolute Gasteiger partial charge is 0.307 e. The minimum atomic E-state index is -0.797. The Kier molecular flexibility index (Phi) is 5.71. The third kappa shape index (κ3) is 5.08. The zero-order chi connectivity index (χ0) is 10.3. The molecule has 2 heteroatoms. The normalized spacial score (nSPS) is 15.2. The number of terminal acetylenes is 1. The van der Waals surface area contributed by atoms with Gasteiger partial charge in [-0.25, -0.2) is 0 Å². The standard InChI is InChI=1S/C11H16O2/c1-4-6-9(3)8-10(7-5-2)11(12)13/h2,4,6,9-10H,7-8H2,1,3H3,(H,12,13)/b6-4+. The van der Waals surface area contributed by atoms with Gasteiger partial charge in [0.25, 0.3) is 0 Å². The highest BCUT2D eigenvalue weighted by atomic mass is 16.4. The van der Waals surface area contributed by atoms with Crippen molar-refractivity contribution >= 4 is 5.97 Å². The zero-order valence-corrected chi connectivity index (χ0v) is 8.16. The lowest BCUT2D eigenvalue weighted by molar-refractivity contribution is -0.142. The Morgan fingerprint density at radius 3 is 2.69 bits per heavy atom. The molecule has 2 unspecified atom stereocenters. The average molecular weight is 180 g/mol. The Hall–Kier alpha value is -1.23. The summed E-state index contributed by atoms with van der Waals surface area (Å²) in [5.74, 6) is 1.47. The van der Waals surface area contributed by atoms with E-state index < -0.39 is 11.9 Å². The number of hydrogen-bond donors (Lipinski definition) is 1. The highest BCUT2D eigenvalue weighted by Gasteiger charge is 2.17. The quantitative estimate of drug-likeness (QED) is 0.520. The first kappa shape index (κ1) is 11.8. The Labute approximate surface area is 79.7 Å². The van der Waals surface area contributed by atoms with Crippen LogP contribution in [0.1, 0.15) is 26.7 Å². The van der Waals surface area contributed by atoms with E-state index in [0.29, 0.717) is 12.8 Å². The van der Waals surface area contributed by atoms with E-state index in [1.165, 1.54) is 0 Å². The summed E-state index contributed by atoms with van der Waals surface area (Å²) in [7, 11) is 0. The first-order valence-corrected chi connectivity index (χ1v) is 4.40. The SMILES string of the molecule is C#CCC(CC(C)/C=C/C)C(=O)O. The van der Waals surface area contributed by atoms with Crippen molar-refractivity contribution in [2.24, 2.45) is 11.8 Å². The van der Waals surface area contributed by atoms with Gasteiger partial charge in [0, 0.05) is 6.42 Å². The van der Waals surface area contributed by atoms with Gasteiger partial charge in [-0.1, -0.05) is 19.1 Å². The fourth-order valence-corrected chi connectivity index (χ4v) is 1.27. The van der Waals surface area contributed by atoms with Crippen LogP contribution in [0.5, 0.6) is 0 Å². The molecule has 0 heterocycles. The van der Waals surface area contributed by atoms with Crippen molar-refractivity contribution < 1.29 is 9.90 Å². The number of allylic oxidation sites excluding steroid dienone is 2. The molecule has 0 rings (SSSR count). The van der Waals surface area contributed by atoms with Crippen LogP contribution >= 0.6 is 0 Å². The van der Waals surface area contributed by atoms with Crippen molar-refractivity contribution in [1.29, 1.82) is 0 Å². The van der Waals surface area contributed by atoms with Crippen LogP contribution < -0.4 is 0 Å². The molecule has 0 radical (unpaired) electrons. The predicted molar refractivity (Wildman–Crippen MR) is 53.2 cm³/mol. The Morgan fingerprint density at radius 2 is 2.31 bits per heavy atom. The molecule has 1 N–H and O–H groups in total. The molecule has 0 bridgehead atoms. The molecule has 0 saturated heterocycles. The largest absolute Gasteiger partial charge is 0.481 e. The Bertz CT molecular complexity index is 223. The number of hydrogen-bond acceptors (Lipinski definition) is 1. The highest BCUT2D eigenvalue weighted by molar-refractivity contribution is 5.70. The van der Waals surface area contributed by atoms with Gasteiger partial charge in [0.1, 0.15) is 0 Å². The van der Waals surface area contributed by atoms with Crippen LogP contribution in [0.25, 0.3) is 0 Å². The molecule has 0 spiro atoms. The molecule has 0 aliphatic rings. The number of carbonyl (C=O) groups is 1. The number of rotatable bonds is 5. The second-order valence-electron chi connectivity index (χ2n) is 3.18. The Morgan fingerprint density at radius 1 is 1.69 bits per heavy atom. The summed E-state index contributed by atoms with van der Waals surface area (Å²) in [6.45, 7) is 3.92. The maximum atomic E-state index is 10.7. The molecule has 2 atom stereocenters. The van der Waals surface area contributed by atoms with Gasteiger partial charge >= 0.3 is 5.97 Å². The van der Waals surface area contributed by atoms with Gasteiger partial charge in [-0.15, -0.1) is 12.3 Å². The highest BCUT2D eigenvalue weighted by Crippen LogP contribution is 2.16. The lowest BCUT2D eigenvalue weighted by Gasteiger charge is -2.11. The van der Waals surface area contributed by atoms with E-state index in [1.807, 2.05) is 26.0 Å². The molecule has 13 heavy (non-hydrogen) atoms. The fraction of sp³-hybridized carbons (Fsp3) is 0.545. The minimum absolute atomic E-state index is 0.277. The molecule has 0 fully saturated rings. The van der Waals surface area contributed by atoms with E-state index in [2.05, 4.69) is 5.92 Å². The van der Waals surface area contributed by atoms with Gasteiger partial charge < -0.3 is 5.11 Å². The van der Waals surface area contributed by atoms with E-state index in [1.54, 1.807) is 0 Å². The third-order valence-electron chi connectivity index (χ3n) is 1.89. The minimum Gasteiger partial charge on any atom is -0.481 e. The summed E-state index contributed by atoms with van der Waals surface area (Å²) in [6.07, 6.45) is 9.94. The third-order valence-corrected chi connectivity index (χ3v) is 1.89. The van der Waals surface area contributed by atoms with E-state index in [0.717, 1.165) is 0 Å². The summed E-state index contributed by atoms with van der Waals surface area (Å²) >= 11 is 0. The van der Waals surface area contributed by atoms with Gasteiger partial charge in [-0.2, -0.15) is 0 Å². The van der Waals surface area contributed by atoms with Crippen LogP contribution in [-0.4, -0.2) is 11.1 Å². The molecular weight excluding hydrogens is 164 g/mol. The molecule has 2 nitrogen and oxygen atoms in total. The van der Waals surface area contributed by atoms with Crippen LogP contribution in [0.2, 0.25) is 0 Å². The molecule has 0 aromatic rings. The second kappa shape index (κ2) is 6.30. The van der Waals surface area contributed by atoms with Crippen molar-refractivity contribution in [2.45, 2.75) is 26.7 Å². The maximum absolute atomic E-state index is 10.7. The first-order chi connectivity index (χ1) is 6.11. The molecule has 0 amide bonds.